The number of carbonyl (C=O) groups is 3. The maximum atomic E-state index is 11.8. The molecule has 3 N–H and O–H groups in total. The highest BCUT2D eigenvalue weighted by Crippen LogP contribution is 2.30. The zero-order valence-corrected chi connectivity index (χ0v) is 11.7. The van der Waals surface area contributed by atoms with Gasteiger partial charge in [0, 0.05) is 11.3 Å². The van der Waals surface area contributed by atoms with Crippen LogP contribution in [-0.2, 0) is 9.59 Å². The summed E-state index contributed by atoms with van der Waals surface area (Å²) in [6.07, 6.45) is 2.07. The summed E-state index contributed by atoms with van der Waals surface area (Å²) in [4.78, 5) is 38.2. The molecule has 7 nitrogen and oxygen atoms in total. The fourth-order valence-electron chi connectivity index (χ4n) is 1.56. The molecule has 2 amide bonds. The Labute approximate surface area is 119 Å². The summed E-state index contributed by atoms with van der Waals surface area (Å²) in [5, 5.41) is 15.7. The predicted molar refractivity (Wildman–Crippen MR) is 72.6 cm³/mol. The quantitative estimate of drug-likeness (QED) is 0.728. The van der Waals surface area contributed by atoms with Crippen LogP contribution in [0.5, 0.6) is 0 Å². The first-order valence-electron chi connectivity index (χ1n) is 6.31. The van der Waals surface area contributed by atoms with Gasteiger partial charge < -0.3 is 15.7 Å². The summed E-state index contributed by atoms with van der Waals surface area (Å²) in [7, 11) is 0. The molecule has 0 aromatic carbocycles. The van der Waals surface area contributed by atoms with E-state index < -0.39 is 17.9 Å². The second-order valence-electron chi connectivity index (χ2n) is 4.57. The standard InChI is InChI=1S/C12H15N3O4S/c1-2-7(11(18)19)13-10(17)8-5-20-12(14-8)15-9(16)6-3-4-6/h5-7H,2-4H2,1H3,(H,13,17)(H,18,19)(H,14,15,16). The Hall–Kier alpha value is -1.96. The average Bonchev–Trinajstić information content (AvgIpc) is 3.16. The molecule has 1 aliphatic rings. The topological polar surface area (TPSA) is 108 Å². The Bertz CT molecular complexity index is 539. The van der Waals surface area contributed by atoms with E-state index in [0.29, 0.717) is 5.13 Å². The van der Waals surface area contributed by atoms with Crippen LogP contribution < -0.4 is 10.6 Å². The van der Waals surface area contributed by atoms with Gasteiger partial charge in [-0.1, -0.05) is 6.92 Å². The zero-order chi connectivity index (χ0) is 14.7. The van der Waals surface area contributed by atoms with Gasteiger partial charge in [-0.25, -0.2) is 9.78 Å². The molecule has 1 atom stereocenters. The second-order valence-corrected chi connectivity index (χ2v) is 5.43. The molecule has 0 spiro atoms. The molecule has 1 unspecified atom stereocenters. The van der Waals surface area contributed by atoms with Gasteiger partial charge in [0.1, 0.15) is 11.7 Å². The van der Waals surface area contributed by atoms with E-state index in [9.17, 15) is 14.4 Å². The van der Waals surface area contributed by atoms with Crippen LogP contribution >= 0.6 is 11.3 Å². The van der Waals surface area contributed by atoms with Crippen LogP contribution in [0.3, 0.4) is 0 Å². The van der Waals surface area contributed by atoms with Gasteiger partial charge in [-0.2, -0.15) is 0 Å². The molecule has 1 fully saturated rings. The Balaban J connectivity index is 1.95. The average molecular weight is 297 g/mol. The van der Waals surface area contributed by atoms with Gasteiger partial charge >= 0.3 is 5.97 Å². The van der Waals surface area contributed by atoms with E-state index in [1.54, 1.807) is 6.92 Å². The van der Waals surface area contributed by atoms with Crippen LogP contribution in [-0.4, -0.2) is 33.9 Å². The van der Waals surface area contributed by atoms with E-state index in [4.69, 9.17) is 5.11 Å². The molecule has 1 saturated carbocycles. The molecule has 1 heterocycles. The van der Waals surface area contributed by atoms with Gasteiger partial charge in [0.15, 0.2) is 5.13 Å². The molecule has 0 aliphatic heterocycles. The van der Waals surface area contributed by atoms with Crippen LogP contribution in [0.25, 0.3) is 0 Å². The number of carboxylic acid groups (broad SMARTS) is 1. The lowest BCUT2D eigenvalue weighted by atomic mass is 10.2. The van der Waals surface area contributed by atoms with Crippen molar-refractivity contribution in [2.75, 3.05) is 5.32 Å². The van der Waals surface area contributed by atoms with Gasteiger partial charge in [-0.15, -0.1) is 11.3 Å². The van der Waals surface area contributed by atoms with E-state index >= 15 is 0 Å². The Morgan fingerprint density at radius 3 is 2.75 bits per heavy atom. The maximum Gasteiger partial charge on any atom is 0.326 e. The van der Waals surface area contributed by atoms with Crippen LogP contribution in [0.1, 0.15) is 36.7 Å². The highest BCUT2D eigenvalue weighted by atomic mass is 32.1. The van der Waals surface area contributed by atoms with Crippen LogP contribution in [0.4, 0.5) is 5.13 Å². The largest absolute Gasteiger partial charge is 0.480 e. The summed E-state index contributed by atoms with van der Waals surface area (Å²) in [5.41, 5.74) is 0.112. The normalized spacial score (nSPS) is 15.4. The summed E-state index contributed by atoms with van der Waals surface area (Å²) < 4.78 is 0. The number of aromatic nitrogens is 1. The number of amides is 2. The van der Waals surface area contributed by atoms with Crippen molar-refractivity contribution in [2.45, 2.75) is 32.2 Å². The third-order valence-electron chi connectivity index (χ3n) is 2.93. The first kappa shape index (κ1) is 14.4. The van der Waals surface area contributed by atoms with Gasteiger partial charge in [0.25, 0.3) is 5.91 Å². The summed E-state index contributed by atoms with van der Waals surface area (Å²) in [5.74, 6) is -1.66. The number of nitrogens with zero attached hydrogens (tertiary/aromatic N) is 1. The Kier molecular flexibility index (Phi) is 4.33. The first-order chi connectivity index (χ1) is 9.51. The number of aliphatic carboxylic acids is 1. The Morgan fingerprint density at radius 2 is 2.20 bits per heavy atom. The minimum Gasteiger partial charge on any atom is -0.480 e. The van der Waals surface area contributed by atoms with Crippen LogP contribution in [0, 0.1) is 5.92 Å². The molecule has 108 valence electrons. The molecular formula is C12H15N3O4S. The molecule has 1 aliphatic carbocycles. The lowest BCUT2D eigenvalue weighted by Gasteiger charge is -2.10. The zero-order valence-electron chi connectivity index (χ0n) is 10.9. The molecular weight excluding hydrogens is 282 g/mol. The number of anilines is 1. The smallest absolute Gasteiger partial charge is 0.326 e. The van der Waals surface area contributed by atoms with Crippen LogP contribution in [0.15, 0.2) is 5.38 Å². The van der Waals surface area contributed by atoms with Crippen molar-refractivity contribution < 1.29 is 19.5 Å². The van der Waals surface area contributed by atoms with E-state index in [1.165, 1.54) is 5.38 Å². The molecule has 2 rings (SSSR count). The minimum atomic E-state index is -1.08. The number of nitrogens with one attached hydrogen (secondary N) is 2. The molecule has 8 heteroatoms. The van der Waals surface area contributed by atoms with Crippen molar-refractivity contribution in [3.05, 3.63) is 11.1 Å². The highest BCUT2D eigenvalue weighted by molar-refractivity contribution is 7.14. The van der Waals surface area contributed by atoms with Crippen LogP contribution in [0.2, 0.25) is 0 Å². The monoisotopic (exact) mass is 297 g/mol. The highest BCUT2D eigenvalue weighted by Gasteiger charge is 2.30. The van der Waals surface area contributed by atoms with E-state index in [2.05, 4.69) is 15.6 Å². The lowest BCUT2D eigenvalue weighted by Crippen LogP contribution is -2.40. The molecule has 0 radical (unpaired) electrons. The summed E-state index contributed by atoms with van der Waals surface area (Å²) in [6, 6.07) is -0.936. The van der Waals surface area contributed by atoms with E-state index in [0.717, 1.165) is 24.2 Å². The van der Waals surface area contributed by atoms with Gasteiger partial charge in [0.05, 0.1) is 0 Å². The summed E-state index contributed by atoms with van der Waals surface area (Å²) >= 11 is 1.14. The molecule has 0 saturated heterocycles. The molecule has 1 aromatic heterocycles. The van der Waals surface area contributed by atoms with Gasteiger partial charge in [-0.05, 0) is 19.3 Å². The second kappa shape index (κ2) is 6.00. The van der Waals surface area contributed by atoms with Crippen molar-refractivity contribution >= 4 is 34.3 Å². The molecule has 1 aromatic rings. The van der Waals surface area contributed by atoms with Crippen molar-refractivity contribution in [3.8, 4) is 0 Å². The number of hydrogen-bond donors (Lipinski definition) is 3. The third-order valence-corrected chi connectivity index (χ3v) is 3.68. The van der Waals surface area contributed by atoms with E-state index in [-0.39, 0.29) is 23.9 Å². The fraction of sp³-hybridized carbons (Fsp3) is 0.500. The minimum absolute atomic E-state index is 0.0626. The number of carbonyl (C=O) groups excluding carboxylic acids is 2. The number of hydrogen-bond acceptors (Lipinski definition) is 5. The number of thiazole rings is 1. The summed E-state index contributed by atoms with van der Waals surface area (Å²) in [6.45, 7) is 1.67. The molecule has 20 heavy (non-hydrogen) atoms. The van der Waals surface area contributed by atoms with Gasteiger partial charge in [-0.3, -0.25) is 9.59 Å². The fourth-order valence-corrected chi connectivity index (χ4v) is 2.25. The third kappa shape index (κ3) is 3.53. The van der Waals surface area contributed by atoms with Gasteiger partial charge in [0.2, 0.25) is 5.91 Å². The van der Waals surface area contributed by atoms with Crippen molar-refractivity contribution in [1.29, 1.82) is 0 Å². The SMILES string of the molecule is CCC(NC(=O)c1csc(NC(=O)C2CC2)n1)C(=O)O. The Morgan fingerprint density at radius 1 is 1.50 bits per heavy atom. The van der Waals surface area contributed by atoms with E-state index in [1.807, 2.05) is 0 Å². The predicted octanol–water partition coefficient (Wildman–Crippen LogP) is 1.08. The number of rotatable bonds is 6. The van der Waals surface area contributed by atoms with Crippen molar-refractivity contribution in [1.82, 2.24) is 10.3 Å². The first-order valence-corrected chi connectivity index (χ1v) is 7.19. The molecule has 0 bridgehead atoms. The van der Waals surface area contributed by atoms with Crippen molar-refractivity contribution in [3.63, 3.8) is 0 Å². The lowest BCUT2D eigenvalue weighted by molar-refractivity contribution is -0.139. The van der Waals surface area contributed by atoms with Crippen molar-refractivity contribution in [2.24, 2.45) is 5.92 Å². The number of carboxylic acids is 1. The maximum absolute atomic E-state index is 11.8.